The summed E-state index contributed by atoms with van der Waals surface area (Å²) in [4.78, 5) is 4.72. The molecule has 0 saturated heterocycles. The van der Waals surface area contributed by atoms with E-state index in [1.807, 2.05) is 24.3 Å². The summed E-state index contributed by atoms with van der Waals surface area (Å²) >= 11 is 0. The van der Waals surface area contributed by atoms with Crippen molar-refractivity contribution in [3.05, 3.63) is 41.5 Å². The van der Waals surface area contributed by atoms with Gasteiger partial charge in [-0.25, -0.2) is 4.98 Å². The Morgan fingerprint density at radius 1 is 1.22 bits per heavy atom. The number of nitrogens with one attached hydrogen (secondary N) is 1. The van der Waals surface area contributed by atoms with Gasteiger partial charge >= 0.3 is 0 Å². The molecule has 118 valence electrons. The highest BCUT2D eigenvalue weighted by Gasteiger charge is 2.18. The predicted molar refractivity (Wildman–Crippen MR) is 94.8 cm³/mol. The van der Waals surface area contributed by atoms with E-state index >= 15 is 0 Å². The molecule has 0 aliphatic rings. The van der Waals surface area contributed by atoms with Crippen molar-refractivity contribution >= 4 is 22.5 Å². The van der Waals surface area contributed by atoms with Crippen LogP contribution in [-0.4, -0.2) is 15.9 Å². The van der Waals surface area contributed by atoms with Gasteiger partial charge in [0.1, 0.15) is 11.9 Å². The van der Waals surface area contributed by atoms with Gasteiger partial charge in [0.05, 0.1) is 16.6 Å². The molecular weight excluding hydrogens is 284 g/mol. The molecule has 4 nitrogen and oxygen atoms in total. The second-order valence-corrected chi connectivity index (χ2v) is 6.66. The van der Waals surface area contributed by atoms with Crippen LogP contribution in [0.4, 0.5) is 5.82 Å². The molecule has 23 heavy (non-hydrogen) atoms. The van der Waals surface area contributed by atoms with Gasteiger partial charge in [0.2, 0.25) is 0 Å². The van der Waals surface area contributed by atoms with E-state index in [0.717, 1.165) is 34.6 Å². The zero-order chi connectivity index (χ0) is 16.6. The number of benzene rings is 1. The predicted octanol–water partition coefficient (Wildman–Crippen LogP) is 4.55. The summed E-state index contributed by atoms with van der Waals surface area (Å²) in [7, 11) is 0. The van der Waals surface area contributed by atoms with Crippen LogP contribution >= 0.6 is 0 Å². The lowest BCUT2D eigenvalue weighted by atomic mass is 9.99. The van der Waals surface area contributed by atoms with Gasteiger partial charge in [0.15, 0.2) is 5.65 Å². The van der Waals surface area contributed by atoms with Crippen LogP contribution < -0.4 is 5.32 Å². The van der Waals surface area contributed by atoms with Crippen molar-refractivity contribution in [2.24, 2.45) is 5.92 Å². The van der Waals surface area contributed by atoms with Crippen molar-refractivity contribution in [2.45, 2.75) is 33.6 Å². The maximum absolute atomic E-state index is 9.68. The lowest BCUT2D eigenvalue weighted by molar-refractivity contribution is 0.686. The zero-order valence-corrected chi connectivity index (χ0v) is 14.1. The molecule has 0 spiro atoms. The topological polar surface area (TPSA) is 53.1 Å². The molecule has 0 unspecified atom stereocenters. The lowest BCUT2D eigenvalue weighted by Crippen LogP contribution is -2.12. The van der Waals surface area contributed by atoms with Crippen molar-refractivity contribution < 1.29 is 0 Å². The van der Waals surface area contributed by atoms with Gasteiger partial charge in [-0.15, -0.1) is 0 Å². The monoisotopic (exact) mass is 306 g/mol. The van der Waals surface area contributed by atoms with Crippen molar-refractivity contribution in [1.82, 2.24) is 9.38 Å². The molecule has 0 amide bonds. The normalized spacial score (nSPS) is 11.5. The van der Waals surface area contributed by atoms with Crippen molar-refractivity contribution in [3.63, 3.8) is 0 Å². The maximum atomic E-state index is 9.68. The summed E-state index contributed by atoms with van der Waals surface area (Å²) in [5, 5.41) is 13.2. The number of rotatable bonds is 4. The first-order chi connectivity index (χ1) is 11.0. The first-order valence-corrected chi connectivity index (χ1v) is 8.11. The Morgan fingerprint density at radius 3 is 2.61 bits per heavy atom. The van der Waals surface area contributed by atoms with Crippen LogP contribution in [0.15, 0.2) is 30.3 Å². The number of nitrogens with zero attached hydrogens (tertiary/aromatic N) is 3. The van der Waals surface area contributed by atoms with E-state index < -0.39 is 0 Å². The summed E-state index contributed by atoms with van der Waals surface area (Å²) in [6, 6.07) is 12.5. The van der Waals surface area contributed by atoms with Gasteiger partial charge in [-0.2, -0.15) is 5.26 Å². The Labute approximate surface area is 136 Å². The number of aromatic nitrogens is 2. The van der Waals surface area contributed by atoms with E-state index in [-0.39, 0.29) is 5.92 Å². The molecule has 0 fully saturated rings. The van der Waals surface area contributed by atoms with E-state index in [0.29, 0.717) is 11.5 Å². The Hall–Kier alpha value is -2.54. The highest BCUT2D eigenvalue weighted by atomic mass is 15.1. The molecule has 4 heteroatoms. The minimum atomic E-state index is 0.272. The number of imidazole rings is 1. The maximum Gasteiger partial charge on any atom is 0.157 e. The Kier molecular flexibility index (Phi) is 3.96. The van der Waals surface area contributed by atoms with Crippen LogP contribution in [0.2, 0.25) is 0 Å². The number of hydrogen-bond acceptors (Lipinski definition) is 3. The average molecular weight is 306 g/mol. The molecular formula is C19H22N4. The third-order valence-corrected chi connectivity index (χ3v) is 4.03. The summed E-state index contributed by atoms with van der Waals surface area (Å²) in [6.45, 7) is 9.47. The van der Waals surface area contributed by atoms with Gasteiger partial charge in [0.25, 0.3) is 0 Å². The fraction of sp³-hybridized carbons (Fsp3) is 0.368. The molecule has 0 aliphatic heterocycles. The van der Waals surface area contributed by atoms with Crippen LogP contribution in [0, 0.1) is 17.2 Å². The summed E-state index contributed by atoms with van der Waals surface area (Å²) in [5.41, 5.74) is 4.40. The smallest absolute Gasteiger partial charge is 0.157 e. The second-order valence-electron chi connectivity index (χ2n) is 6.66. The Balaban J connectivity index is 2.37. The van der Waals surface area contributed by atoms with E-state index in [4.69, 9.17) is 4.98 Å². The van der Waals surface area contributed by atoms with Crippen molar-refractivity contribution in [3.8, 4) is 6.07 Å². The first kappa shape index (κ1) is 15.4. The highest BCUT2D eigenvalue weighted by molar-refractivity contribution is 5.85. The third-order valence-electron chi connectivity index (χ3n) is 4.03. The lowest BCUT2D eigenvalue weighted by Gasteiger charge is -2.16. The minimum Gasteiger partial charge on any atom is -0.371 e. The number of anilines is 1. The molecule has 3 aromatic rings. The molecule has 1 N–H and O–H groups in total. The second kappa shape index (κ2) is 5.92. The number of pyridine rings is 1. The molecule has 0 atom stereocenters. The van der Waals surface area contributed by atoms with E-state index in [2.05, 4.69) is 49.5 Å². The van der Waals surface area contributed by atoms with Crippen molar-refractivity contribution in [2.75, 3.05) is 11.9 Å². The Morgan fingerprint density at radius 2 is 1.96 bits per heavy atom. The number of para-hydroxylation sites is 2. The highest BCUT2D eigenvalue weighted by Crippen LogP contribution is 2.30. The van der Waals surface area contributed by atoms with Gasteiger partial charge in [0, 0.05) is 6.54 Å². The molecule has 3 rings (SSSR count). The molecule has 0 aliphatic carbocycles. The minimum absolute atomic E-state index is 0.272. The Bertz CT molecular complexity index is 897. The van der Waals surface area contributed by atoms with E-state index in [1.54, 1.807) is 0 Å². The number of nitriles is 1. The molecule has 1 aromatic carbocycles. The SMILES string of the molecule is CC(C)CNc1cc(C(C)C)c(C#N)c2nc3ccccc3n12. The van der Waals surface area contributed by atoms with Crippen molar-refractivity contribution in [1.29, 1.82) is 5.26 Å². The van der Waals surface area contributed by atoms with Crippen LogP contribution in [0.1, 0.15) is 44.7 Å². The van der Waals surface area contributed by atoms with Gasteiger partial charge < -0.3 is 5.32 Å². The van der Waals surface area contributed by atoms with Crippen LogP contribution in [-0.2, 0) is 0 Å². The standard InChI is InChI=1S/C19H22N4/c1-12(2)11-21-18-9-14(13(3)4)15(10-20)19-22-16-7-5-6-8-17(16)23(18)19/h5-9,12-13,21H,11H2,1-4H3. The summed E-state index contributed by atoms with van der Waals surface area (Å²) < 4.78 is 2.07. The first-order valence-electron chi connectivity index (χ1n) is 8.11. The van der Waals surface area contributed by atoms with Gasteiger partial charge in [-0.1, -0.05) is 39.8 Å². The molecule has 0 radical (unpaired) electrons. The number of fused-ring (bicyclic) bond motifs is 3. The van der Waals surface area contributed by atoms with Crippen LogP contribution in [0.5, 0.6) is 0 Å². The van der Waals surface area contributed by atoms with E-state index in [1.165, 1.54) is 0 Å². The fourth-order valence-corrected chi connectivity index (χ4v) is 2.86. The van der Waals surface area contributed by atoms with Crippen LogP contribution in [0.3, 0.4) is 0 Å². The molecule has 2 aromatic heterocycles. The van der Waals surface area contributed by atoms with Gasteiger partial charge in [-0.05, 0) is 35.6 Å². The quantitative estimate of drug-likeness (QED) is 0.769. The summed E-state index contributed by atoms with van der Waals surface area (Å²) in [6.07, 6.45) is 0. The molecule has 2 heterocycles. The molecule has 0 bridgehead atoms. The summed E-state index contributed by atoms with van der Waals surface area (Å²) in [5.74, 6) is 1.82. The fourth-order valence-electron chi connectivity index (χ4n) is 2.86. The third kappa shape index (κ3) is 2.63. The largest absolute Gasteiger partial charge is 0.371 e. The molecule has 0 saturated carbocycles. The average Bonchev–Trinajstić information content (AvgIpc) is 2.91. The van der Waals surface area contributed by atoms with Crippen LogP contribution in [0.25, 0.3) is 16.7 Å². The number of hydrogen-bond donors (Lipinski definition) is 1. The zero-order valence-electron chi connectivity index (χ0n) is 14.1. The van der Waals surface area contributed by atoms with E-state index in [9.17, 15) is 5.26 Å². The van der Waals surface area contributed by atoms with Gasteiger partial charge in [-0.3, -0.25) is 4.40 Å².